The number of carbonyl (C=O) groups excluding carboxylic acids is 2. The molecule has 112 valence electrons. The molecule has 0 aromatic heterocycles. The maximum absolute atomic E-state index is 12.5. The molecule has 6 heteroatoms. The van der Waals surface area contributed by atoms with Crippen LogP contribution in [-0.2, 0) is 16.1 Å². The monoisotopic (exact) mass is 290 g/mol. The number of benzene rings is 1. The fraction of sp³-hybridized carbons (Fsp3) is 0.467. The van der Waals surface area contributed by atoms with Crippen LogP contribution in [-0.4, -0.2) is 35.6 Å². The maximum Gasteiger partial charge on any atom is 0.248 e. The number of rotatable bonds is 3. The van der Waals surface area contributed by atoms with Gasteiger partial charge >= 0.3 is 0 Å². The third-order valence-electron chi connectivity index (χ3n) is 4.03. The summed E-state index contributed by atoms with van der Waals surface area (Å²) in [6.45, 7) is 4.35. The van der Waals surface area contributed by atoms with E-state index in [-0.39, 0.29) is 25.2 Å². The standard InChI is InChI=1S/C15H18N2O4/c1-3-15(2)14(19)17(8-13(18)16-15)7-10-4-5-11-12(6-10)21-9-20-11/h4-6H,3,7-9H2,1-2H3,(H,16,18). The Morgan fingerprint density at radius 3 is 2.81 bits per heavy atom. The average Bonchev–Trinajstić information content (AvgIpc) is 2.92. The van der Waals surface area contributed by atoms with Crippen molar-refractivity contribution in [2.45, 2.75) is 32.4 Å². The normalized spacial score (nSPS) is 24.2. The van der Waals surface area contributed by atoms with E-state index in [0.29, 0.717) is 24.5 Å². The summed E-state index contributed by atoms with van der Waals surface area (Å²) in [6.07, 6.45) is 0.565. The molecule has 0 spiro atoms. The van der Waals surface area contributed by atoms with Crippen LogP contribution in [0.2, 0.25) is 0 Å². The van der Waals surface area contributed by atoms with Crippen LogP contribution in [0, 0.1) is 0 Å². The first kappa shape index (κ1) is 13.7. The summed E-state index contributed by atoms with van der Waals surface area (Å²) in [5.41, 5.74) is 0.104. The maximum atomic E-state index is 12.5. The van der Waals surface area contributed by atoms with Crippen LogP contribution in [0.4, 0.5) is 0 Å². The predicted octanol–water partition coefficient (Wildman–Crippen LogP) is 1.04. The smallest absolute Gasteiger partial charge is 0.248 e. The van der Waals surface area contributed by atoms with Gasteiger partial charge in [0.05, 0.1) is 6.54 Å². The van der Waals surface area contributed by atoms with Crippen molar-refractivity contribution in [2.24, 2.45) is 0 Å². The molecule has 0 aliphatic carbocycles. The van der Waals surface area contributed by atoms with Gasteiger partial charge in [-0.25, -0.2) is 0 Å². The van der Waals surface area contributed by atoms with E-state index in [1.807, 2.05) is 25.1 Å². The van der Waals surface area contributed by atoms with Gasteiger partial charge in [-0.2, -0.15) is 0 Å². The van der Waals surface area contributed by atoms with Gasteiger partial charge in [-0.15, -0.1) is 0 Å². The quantitative estimate of drug-likeness (QED) is 0.903. The van der Waals surface area contributed by atoms with Crippen molar-refractivity contribution in [3.8, 4) is 11.5 Å². The van der Waals surface area contributed by atoms with Crippen molar-refractivity contribution in [3.63, 3.8) is 0 Å². The Balaban J connectivity index is 1.80. The van der Waals surface area contributed by atoms with Gasteiger partial charge in [-0.05, 0) is 31.0 Å². The zero-order valence-corrected chi connectivity index (χ0v) is 12.1. The Kier molecular flexibility index (Phi) is 3.23. The first-order valence-corrected chi connectivity index (χ1v) is 7.01. The number of amides is 2. The Morgan fingerprint density at radius 1 is 1.29 bits per heavy atom. The second kappa shape index (κ2) is 4.95. The SMILES string of the molecule is CCC1(C)NC(=O)CN(Cc2ccc3c(c2)OCO3)C1=O. The van der Waals surface area contributed by atoms with Crippen LogP contribution in [0.15, 0.2) is 18.2 Å². The van der Waals surface area contributed by atoms with Crippen molar-refractivity contribution < 1.29 is 19.1 Å². The molecule has 1 saturated heterocycles. The molecule has 1 atom stereocenters. The van der Waals surface area contributed by atoms with E-state index in [0.717, 1.165) is 5.56 Å². The molecule has 1 aromatic rings. The second-order valence-electron chi connectivity index (χ2n) is 5.58. The van der Waals surface area contributed by atoms with Crippen molar-refractivity contribution in [1.82, 2.24) is 10.2 Å². The Hall–Kier alpha value is -2.24. The molecule has 1 aromatic carbocycles. The fourth-order valence-corrected chi connectivity index (χ4v) is 2.62. The Bertz CT molecular complexity index is 601. The van der Waals surface area contributed by atoms with Crippen LogP contribution in [0.1, 0.15) is 25.8 Å². The van der Waals surface area contributed by atoms with E-state index >= 15 is 0 Å². The van der Waals surface area contributed by atoms with Gasteiger partial charge in [-0.3, -0.25) is 9.59 Å². The van der Waals surface area contributed by atoms with Crippen LogP contribution in [0.3, 0.4) is 0 Å². The van der Waals surface area contributed by atoms with Gasteiger partial charge in [-0.1, -0.05) is 13.0 Å². The minimum Gasteiger partial charge on any atom is -0.454 e. The van der Waals surface area contributed by atoms with Gasteiger partial charge in [0.1, 0.15) is 5.54 Å². The molecule has 2 amide bonds. The average molecular weight is 290 g/mol. The van der Waals surface area contributed by atoms with Crippen molar-refractivity contribution in [1.29, 1.82) is 0 Å². The number of ether oxygens (including phenoxy) is 2. The molecular weight excluding hydrogens is 272 g/mol. The first-order valence-electron chi connectivity index (χ1n) is 7.01. The second-order valence-corrected chi connectivity index (χ2v) is 5.58. The molecule has 1 fully saturated rings. The lowest BCUT2D eigenvalue weighted by Gasteiger charge is -2.39. The molecule has 0 radical (unpaired) electrons. The number of hydrogen-bond donors (Lipinski definition) is 1. The number of nitrogens with zero attached hydrogens (tertiary/aromatic N) is 1. The van der Waals surface area contributed by atoms with E-state index in [1.165, 1.54) is 0 Å². The largest absolute Gasteiger partial charge is 0.454 e. The van der Waals surface area contributed by atoms with Gasteiger partial charge < -0.3 is 19.7 Å². The third kappa shape index (κ3) is 2.41. The molecule has 2 heterocycles. The van der Waals surface area contributed by atoms with Crippen LogP contribution < -0.4 is 14.8 Å². The summed E-state index contributed by atoms with van der Waals surface area (Å²) >= 11 is 0. The predicted molar refractivity (Wildman–Crippen MR) is 74.8 cm³/mol. The minimum atomic E-state index is -0.814. The van der Waals surface area contributed by atoms with E-state index < -0.39 is 5.54 Å². The third-order valence-corrected chi connectivity index (χ3v) is 4.03. The molecule has 2 aliphatic heterocycles. The number of hydrogen-bond acceptors (Lipinski definition) is 4. The van der Waals surface area contributed by atoms with Gasteiger partial charge in [0, 0.05) is 6.54 Å². The summed E-state index contributed by atoms with van der Waals surface area (Å²) in [6, 6.07) is 5.56. The van der Waals surface area contributed by atoms with Crippen molar-refractivity contribution >= 4 is 11.8 Å². The highest BCUT2D eigenvalue weighted by Gasteiger charge is 2.41. The summed E-state index contributed by atoms with van der Waals surface area (Å²) in [5, 5.41) is 2.77. The molecule has 3 rings (SSSR count). The van der Waals surface area contributed by atoms with E-state index in [4.69, 9.17) is 9.47 Å². The molecule has 0 saturated carbocycles. The zero-order chi connectivity index (χ0) is 15.0. The molecule has 0 bridgehead atoms. The molecule has 6 nitrogen and oxygen atoms in total. The number of fused-ring (bicyclic) bond motifs is 1. The van der Waals surface area contributed by atoms with Crippen LogP contribution >= 0.6 is 0 Å². The highest BCUT2D eigenvalue weighted by atomic mass is 16.7. The van der Waals surface area contributed by atoms with E-state index in [1.54, 1.807) is 11.8 Å². The lowest BCUT2D eigenvalue weighted by molar-refractivity contribution is -0.149. The van der Waals surface area contributed by atoms with Crippen LogP contribution in [0.5, 0.6) is 11.5 Å². The number of nitrogens with one attached hydrogen (secondary N) is 1. The van der Waals surface area contributed by atoms with Gasteiger partial charge in [0.2, 0.25) is 18.6 Å². The Labute approximate surface area is 123 Å². The van der Waals surface area contributed by atoms with Crippen molar-refractivity contribution in [3.05, 3.63) is 23.8 Å². The molecule has 1 unspecified atom stereocenters. The van der Waals surface area contributed by atoms with Crippen molar-refractivity contribution in [2.75, 3.05) is 13.3 Å². The van der Waals surface area contributed by atoms with Crippen LogP contribution in [0.25, 0.3) is 0 Å². The number of carbonyl (C=O) groups is 2. The zero-order valence-electron chi connectivity index (χ0n) is 12.1. The van der Waals surface area contributed by atoms with Gasteiger partial charge in [0.25, 0.3) is 0 Å². The summed E-state index contributed by atoms with van der Waals surface area (Å²) in [7, 11) is 0. The summed E-state index contributed by atoms with van der Waals surface area (Å²) < 4.78 is 10.6. The highest BCUT2D eigenvalue weighted by Crippen LogP contribution is 2.33. The lowest BCUT2D eigenvalue weighted by Crippen LogP contribution is -2.64. The van der Waals surface area contributed by atoms with E-state index in [2.05, 4.69) is 5.32 Å². The molecule has 2 aliphatic rings. The lowest BCUT2D eigenvalue weighted by atomic mass is 9.94. The first-order chi connectivity index (χ1) is 10.0. The fourth-order valence-electron chi connectivity index (χ4n) is 2.62. The molecule has 1 N–H and O–H groups in total. The summed E-state index contributed by atoms with van der Waals surface area (Å²) in [4.78, 5) is 25.9. The van der Waals surface area contributed by atoms with E-state index in [9.17, 15) is 9.59 Å². The summed E-state index contributed by atoms with van der Waals surface area (Å²) in [5.74, 6) is 1.21. The number of piperazine rings is 1. The Morgan fingerprint density at radius 2 is 2.05 bits per heavy atom. The topological polar surface area (TPSA) is 67.9 Å². The molecular formula is C15H18N2O4. The van der Waals surface area contributed by atoms with Gasteiger partial charge in [0.15, 0.2) is 11.5 Å². The minimum absolute atomic E-state index is 0.0535. The highest BCUT2D eigenvalue weighted by molar-refractivity contribution is 5.97. The molecule has 21 heavy (non-hydrogen) atoms.